The quantitative estimate of drug-likeness (QED) is 0.796. The second-order valence-corrected chi connectivity index (χ2v) is 5.85. The van der Waals surface area contributed by atoms with Crippen molar-refractivity contribution in [3.05, 3.63) is 71.3 Å². The summed E-state index contributed by atoms with van der Waals surface area (Å²) in [5.74, 6) is 0.622. The average molecular weight is 324 g/mol. The molecular weight excluding hydrogens is 300 g/mol. The van der Waals surface area contributed by atoms with Gasteiger partial charge in [-0.2, -0.15) is 0 Å². The number of carbonyl (C=O) groups is 1. The third kappa shape index (κ3) is 5.56. The Morgan fingerprint density at radius 3 is 2.42 bits per heavy atom. The molecule has 0 unspecified atom stereocenters. The molecule has 0 fully saturated rings. The van der Waals surface area contributed by atoms with Gasteiger partial charge in [0.2, 0.25) is 5.91 Å². The maximum Gasteiger partial charge on any atom is 0.244 e. The summed E-state index contributed by atoms with van der Waals surface area (Å²) in [4.78, 5) is 14.1. The normalized spacial score (nSPS) is 11.0. The van der Waals surface area contributed by atoms with Gasteiger partial charge in [0.1, 0.15) is 5.75 Å². The van der Waals surface area contributed by atoms with Crippen molar-refractivity contribution in [3.8, 4) is 5.75 Å². The van der Waals surface area contributed by atoms with Crippen LogP contribution in [0.1, 0.15) is 16.7 Å². The van der Waals surface area contributed by atoms with Gasteiger partial charge < -0.3 is 15.0 Å². The Labute approximate surface area is 143 Å². The summed E-state index contributed by atoms with van der Waals surface area (Å²) in [7, 11) is 5.71. The molecule has 2 rings (SSSR count). The number of ether oxygens (including phenoxy) is 1. The van der Waals surface area contributed by atoms with Crippen LogP contribution in [0.3, 0.4) is 0 Å². The number of para-hydroxylation sites is 1. The third-order valence-corrected chi connectivity index (χ3v) is 3.54. The first kappa shape index (κ1) is 17.8. The minimum atomic E-state index is -0.127. The highest BCUT2D eigenvalue weighted by Crippen LogP contribution is 2.18. The number of methoxy groups -OCH3 is 1. The van der Waals surface area contributed by atoms with Crippen LogP contribution in [0, 0.1) is 0 Å². The molecule has 126 valence electrons. The van der Waals surface area contributed by atoms with Crippen LogP contribution in [0.5, 0.6) is 5.75 Å². The topological polar surface area (TPSA) is 41.6 Å². The van der Waals surface area contributed by atoms with Gasteiger partial charge in [0.05, 0.1) is 7.11 Å². The zero-order chi connectivity index (χ0) is 17.4. The van der Waals surface area contributed by atoms with E-state index in [1.807, 2.05) is 50.5 Å². The maximum absolute atomic E-state index is 12.0. The van der Waals surface area contributed by atoms with Crippen LogP contribution < -0.4 is 10.1 Å². The fourth-order valence-electron chi connectivity index (χ4n) is 2.35. The van der Waals surface area contributed by atoms with Gasteiger partial charge in [-0.15, -0.1) is 0 Å². The van der Waals surface area contributed by atoms with Crippen molar-refractivity contribution in [3.63, 3.8) is 0 Å². The summed E-state index contributed by atoms with van der Waals surface area (Å²) in [6.07, 6.45) is 3.28. The number of hydrogen-bond acceptors (Lipinski definition) is 3. The fraction of sp³-hybridized carbons (Fsp3) is 0.250. The molecule has 0 saturated carbocycles. The average Bonchev–Trinajstić information content (AvgIpc) is 2.59. The lowest BCUT2D eigenvalue weighted by atomic mass is 10.1. The summed E-state index contributed by atoms with van der Waals surface area (Å²) in [6, 6.07) is 15.9. The minimum absolute atomic E-state index is 0.127. The molecular formula is C20H24N2O2. The lowest BCUT2D eigenvalue weighted by molar-refractivity contribution is -0.116. The van der Waals surface area contributed by atoms with E-state index in [1.165, 1.54) is 11.6 Å². The Balaban J connectivity index is 1.87. The van der Waals surface area contributed by atoms with E-state index in [-0.39, 0.29) is 5.91 Å². The first-order valence-corrected chi connectivity index (χ1v) is 7.90. The number of benzene rings is 2. The zero-order valence-corrected chi connectivity index (χ0v) is 14.5. The summed E-state index contributed by atoms with van der Waals surface area (Å²) < 4.78 is 5.26. The minimum Gasteiger partial charge on any atom is -0.496 e. The molecule has 24 heavy (non-hydrogen) atoms. The monoisotopic (exact) mass is 324 g/mol. The first-order chi connectivity index (χ1) is 11.6. The smallest absolute Gasteiger partial charge is 0.244 e. The number of hydrogen-bond donors (Lipinski definition) is 1. The van der Waals surface area contributed by atoms with Crippen molar-refractivity contribution in [1.29, 1.82) is 0 Å². The summed E-state index contributed by atoms with van der Waals surface area (Å²) >= 11 is 0. The molecule has 0 aliphatic heterocycles. The van der Waals surface area contributed by atoms with Gasteiger partial charge in [-0.1, -0.05) is 42.5 Å². The van der Waals surface area contributed by atoms with E-state index in [0.29, 0.717) is 6.54 Å². The lowest BCUT2D eigenvalue weighted by Gasteiger charge is -2.10. The van der Waals surface area contributed by atoms with E-state index >= 15 is 0 Å². The third-order valence-electron chi connectivity index (χ3n) is 3.54. The van der Waals surface area contributed by atoms with E-state index in [0.717, 1.165) is 23.4 Å². The van der Waals surface area contributed by atoms with Crippen molar-refractivity contribution in [1.82, 2.24) is 10.2 Å². The van der Waals surface area contributed by atoms with Crippen LogP contribution in [0.15, 0.2) is 54.6 Å². The summed E-state index contributed by atoms with van der Waals surface area (Å²) in [5, 5.41) is 2.89. The Hall–Kier alpha value is -2.59. The van der Waals surface area contributed by atoms with E-state index in [2.05, 4.69) is 22.3 Å². The molecule has 0 radical (unpaired) electrons. The highest BCUT2D eigenvalue weighted by atomic mass is 16.5. The largest absolute Gasteiger partial charge is 0.496 e. The van der Waals surface area contributed by atoms with E-state index in [1.54, 1.807) is 13.2 Å². The predicted molar refractivity (Wildman–Crippen MR) is 97.7 cm³/mol. The van der Waals surface area contributed by atoms with Gasteiger partial charge >= 0.3 is 0 Å². The molecule has 0 bridgehead atoms. The highest BCUT2D eigenvalue weighted by Gasteiger charge is 2.01. The van der Waals surface area contributed by atoms with Gasteiger partial charge in [-0.3, -0.25) is 4.79 Å². The Morgan fingerprint density at radius 1 is 1.08 bits per heavy atom. The standard InChI is InChI=1S/C20H24N2O2/c1-22(2)15-17-10-8-16(9-11-17)14-21-20(23)13-12-18-6-4-5-7-19(18)24-3/h4-13H,14-15H2,1-3H3,(H,21,23)/b13-12+. The zero-order valence-electron chi connectivity index (χ0n) is 14.5. The highest BCUT2D eigenvalue weighted by molar-refractivity contribution is 5.92. The van der Waals surface area contributed by atoms with Crippen LogP contribution in [-0.4, -0.2) is 32.0 Å². The Kier molecular flexibility index (Phi) is 6.58. The molecule has 0 aliphatic carbocycles. The van der Waals surface area contributed by atoms with Crippen molar-refractivity contribution in [2.24, 2.45) is 0 Å². The summed E-state index contributed by atoms with van der Waals surface area (Å²) in [6.45, 7) is 1.42. The first-order valence-electron chi connectivity index (χ1n) is 7.90. The van der Waals surface area contributed by atoms with Crippen molar-refractivity contribution < 1.29 is 9.53 Å². The second-order valence-electron chi connectivity index (χ2n) is 5.85. The molecule has 1 N–H and O–H groups in total. The second kappa shape index (κ2) is 8.89. The van der Waals surface area contributed by atoms with Crippen LogP contribution in [0.25, 0.3) is 6.08 Å². The van der Waals surface area contributed by atoms with Crippen LogP contribution in [0.2, 0.25) is 0 Å². The van der Waals surface area contributed by atoms with Crippen LogP contribution in [-0.2, 0) is 17.9 Å². The fourth-order valence-corrected chi connectivity index (χ4v) is 2.35. The van der Waals surface area contributed by atoms with Crippen LogP contribution in [0.4, 0.5) is 0 Å². The molecule has 0 aromatic heterocycles. The Morgan fingerprint density at radius 2 is 1.75 bits per heavy atom. The number of nitrogens with one attached hydrogen (secondary N) is 1. The molecule has 0 saturated heterocycles. The predicted octanol–water partition coefficient (Wildman–Crippen LogP) is 3.09. The van der Waals surface area contributed by atoms with Crippen LogP contribution >= 0.6 is 0 Å². The summed E-state index contributed by atoms with van der Waals surface area (Å²) in [5.41, 5.74) is 3.21. The molecule has 2 aromatic rings. The van der Waals surface area contributed by atoms with E-state index in [9.17, 15) is 4.79 Å². The molecule has 0 aliphatic rings. The molecule has 0 heterocycles. The molecule has 1 amide bonds. The number of amides is 1. The molecule has 0 spiro atoms. The van der Waals surface area contributed by atoms with Gasteiger partial charge in [0, 0.05) is 24.7 Å². The lowest BCUT2D eigenvalue weighted by Crippen LogP contribution is -2.20. The van der Waals surface area contributed by atoms with E-state index < -0.39 is 0 Å². The molecule has 4 heteroatoms. The molecule has 4 nitrogen and oxygen atoms in total. The van der Waals surface area contributed by atoms with Gasteiger partial charge in [0.25, 0.3) is 0 Å². The SMILES string of the molecule is COc1ccccc1/C=C/C(=O)NCc1ccc(CN(C)C)cc1. The molecule has 0 atom stereocenters. The number of rotatable bonds is 7. The van der Waals surface area contributed by atoms with Gasteiger partial charge in [-0.25, -0.2) is 0 Å². The number of nitrogens with zero attached hydrogens (tertiary/aromatic N) is 1. The molecule has 2 aromatic carbocycles. The number of carbonyl (C=O) groups excluding carboxylic acids is 1. The van der Waals surface area contributed by atoms with Crippen molar-refractivity contribution in [2.45, 2.75) is 13.1 Å². The maximum atomic E-state index is 12.0. The Bertz CT molecular complexity index is 691. The van der Waals surface area contributed by atoms with Gasteiger partial charge in [-0.05, 0) is 37.4 Å². The van der Waals surface area contributed by atoms with Gasteiger partial charge in [0.15, 0.2) is 0 Å². The van der Waals surface area contributed by atoms with Crippen molar-refractivity contribution >= 4 is 12.0 Å². The van der Waals surface area contributed by atoms with E-state index in [4.69, 9.17) is 4.74 Å². The van der Waals surface area contributed by atoms with Crippen molar-refractivity contribution in [2.75, 3.05) is 21.2 Å².